The van der Waals surface area contributed by atoms with Crippen molar-refractivity contribution in [3.8, 4) is 34.3 Å². The van der Waals surface area contributed by atoms with Crippen LogP contribution in [0.25, 0.3) is 34.3 Å². The van der Waals surface area contributed by atoms with Crippen molar-refractivity contribution in [3.63, 3.8) is 0 Å². The third-order valence-corrected chi connectivity index (χ3v) is 5.39. The summed E-state index contributed by atoms with van der Waals surface area (Å²) >= 11 is 0. The van der Waals surface area contributed by atoms with E-state index in [0.717, 1.165) is 17.5 Å². The van der Waals surface area contributed by atoms with Crippen LogP contribution in [0.4, 0.5) is 5.82 Å². The first kappa shape index (κ1) is 20.8. The number of carbonyl (C=O) groups is 1. The number of carbonyl (C=O) groups excluding carboxylic acids is 1. The van der Waals surface area contributed by atoms with E-state index in [1.807, 2.05) is 47.4 Å². The van der Waals surface area contributed by atoms with Crippen molar-refractivity contribution in [2.45, 2.75) is 6.42 Å². The summed E-state index contributed by atoms with van der Waals surface area (Å²) in [5.74, 6) is 0.752. The van der Waals surface area contributed by atoms with E-state index in [-0.39, 0.29) is 19.0 Å². The first-order valence-corrected chi connectivity index (χ1v) is 10.7. The summed E-state index contributed by atoms with van der Waals surface area (Å²) in [4.78, 5) is 23.5. The van der Waals surface area contributed by atoms with Gasteiger partial charge in [-0.3, -0.25) is 4.79 Å². The Morgan fingerprint density at radius 3 is 2.55 bits per heavy atom. The maximum absolute atomic E-state index is 12.8. The standard InChI is InChI=1S/C24H22N6O3.H2/c25-21-20(23-29-28-22(33-23)17-5-2-1-3-6-17)27-19(15-26-21)16-7-9-18(10-8-16)24(31)30-11-4-13-32-14-12-30;/h1-3,5-10,15H,4,11-14H2,(H2,25,26);1H. The van der Waals surface area contributed by atoms with Crippen LogP contribution in [0.1, 0.15) is 18.2 Å². The van der Waals surface area contributed by atoms with Crippen molar-refractivity contribution in [1.29, 1.82) is 0 Å². The molecular formula is C24H24N6O3. The van der Waals surface area contributed by atoms with E-state index in [9.17, 15) is 4.79 Å². The molecule has 2 N–H and O–H groups in total. The van der Waals surface area contributed by atoms with Crippen LogP contribution < -0.4 is 5.73 Å². The molecule has 4 aromatic rings. The molecule has 0 spiro atoms. The van der Waals surface area contributed by atoms with Crippen LogP contribution in [0.5, 0.6) is 0 Å². The molecule has 3 heterocycles. The number of aromatic nitrogens is 4. The van der Waals surface area contributed by atoms with E-state index in [1.165, 1.54) is 0 Å². The van der Waals surface area contributed by atoms with Gasteiger partial charge in [-0.2, -0.15) is 0 Å². The lowest BCUT2D eigenvalue weighted by molar-refractivity contribution is 0.0741. The number of hydrogen-bond acceptors (Lipinski definition) is 8. The van der Waals surface area contributed by atoms with Crippen molar-refractivity contribution < 1.29 is 15.4 Å². The van der Waals surface area contributed by atoms with Crippen LogP contribution >= 0.6 is 0 Å². The van der Waals surface area contributed by atoms with Crippen molar-refractivity contribution in [1.82, 2.24) is 25.1 Å². The van der Waals surface area contributed by atoms with Crippen molar-refractivity contribution >= 4 is 11.7 Å². The van der Waals surface area contributed by atoms with Crippen LogP contribution in [0, 0.1) is 0 Å². The molecule has 2 aromatic carbocycles. The molecule has 5 rings (SSSR count). The third-order valence-electron chi connectivity index (χ3n) is 5.39. The van der Waals surface area contributed by atoms with Gasteiger partial charge in [0, 0.05) is 37.8 Å². The van der Waals surface area contributed by atoms with Gasteiger partial charge in [-0.15, -0.1) is 10.2 Å². The molecule has 0 radical (unpaired) electrons. The minimum atomic E-state index is -0.00423. The second-order valence-electron chi connectivity index (χ2n) is 7.60. The Hall–Kier alpha value is -4.11. The Morgan fingerprint density at radius 2 is 1.73 bits per heavy atom. The zero-order valence-corrected chi connectivity index (χ0v) is 17.8. The van der Waals surface area contributed by atoms with E-state index in [1.54, 1.807) is 18.3 Å². The molecule has 0 saturated carbocycles. The predicted molar refractivity (Wildman–Crippen MR) is 124 cm³/mol. The molecule has 1 saturated heterocycles. The first-order chi connectivity index (χ1) is 16.2. The average molecular weight is 444 g/mol. The van der Waals surface area contributed by atoms with Crippen LogP contribution in [-0.4, -0.2) is 57.3 Å². The van der Waals surface area contributed by atoms with Crippen LogP contribution in [0.2, 0.25) is 0 Å². The second kappa shape index (κ2) is 9.17. The van der Waals surface area contributed by atoms with E-state index in [4.69, 9.17) is 14.9 Å². The highest BCUT2D eigenvalue weighted by Gasteiger charge is 2.19. The van der Waals surface area contributed by atoms with Crippen molar-refractivity contribution in [2.24, 2.45) is 0 Å². The predicted octanol–water partition coefficient (Wildman–Crippen LogP) is 3.55. The maximum atomic E-state index is 12.8. The fourth-order valence-electron chi connectivity index (χ4n) is 3.63. The van der Waals surface area contributed by atoms with Crippen LogP contribution in [-0.2, 0) is 4.74 Å². The van der Waals surface area contributed by atoms with E-state index >= 15 is 0 Å². The Bertz CT molecular complexity index is 1260. The van der Waals surface area contributed by atoms with E-state index < -0.39 is 0 Å². The normalized spacial score (nSPS) is 14.1. The van der Waals surface area contributed by atoms with E-state index in [0.29, 0.717) is 49.1 Å². The number of anilines is 1. The van der Waals surface area contributed by atoms with Gasteiger partial charge in [0.2, 0.25) is 5.89 Å². The average Bonchev–Trinajstić information content (AvgIpc) is 3.19. The number of ether oxygens (including phenoxy) is 1. The highest BCUT2D eigenvalue weighted by atomic mass is 16.5. The number of nitrogen functional groups attached to an aromatic ring is 1. The Labute approximate surface area is 191 Å². The lowest BCUT2D eigenvalue weighted by Crippen LogP contribution is -2.33. The van der Waals surface area contributed by atoms with Gasteiger partial charge >= 0.3 is 0 Å². The van der Waals surface area contributed by atoms with Crippen molar-refractivity contribution in [3.05, 3.63) is 66.4 Å². The van der Waals surface area contributed by atoms with Gasteiger partial charge in [-0.25, -0.2) is 9.97 Å². The summed E-state index contributed by atoms with van der Waals surface area (Å²) in [6.45, 7) is 2.55. The number of hydrogen-bond donors (Lipinski definition) is 1. The lowest BCUT2D eigenvalue weighted by atomic mass is 10.1. The molecule has 0 atom stereocenters. The molecule has 1 amide bonds. The summed E-state index contributed by atoms with van der Waals surface area (Å²) in [5.41, 5.74) is 9.15. The zero-order chi connectivity index (χ0) is 22.6. The molecule has 33 heavy (non-hydrogen) atoms. The summed E-state index contributed by atoms with van der Waals surface area (Å²) in [7, 11) is 0. The maximum Gasteiger partial charge on any atom is 0.270 e. The monoisotopic (exact) mass is 444 g/mol. The van der Waals surface area contributed by atoms with Gasteiger partial charge in [-0.05, 0) is 30.7 Å². The highest BCUT2D eigenvalue weighted by molar-refractivity contribution is 5.94. The molecule has 0 aliphatic carbocycles. The minimum Gasteiger partial charge on any atom is -0.414 e. The summed E-state index contributed by atoms with van der Waals surface area (Å²) in [6, 6.07) is 16.7. The largest absolute Gasteiger partial charge is 0.414 e. The molecule has 9 nitrogen and oxygen atoms in total. The summed E-state index contributed by atoms with van der Waals surface area (Å²) in [6.07, 6.45) is 2.42. The number of nitrogens with zero attached hydrogens (tertiary/aromatic N) is 5. The van der Waals surface area contributed by atoms with E-state index in [2.05, 4.69) is 20.2 Å². The zero-order valence-electron chi connectivity index (χ0n) is 17.8. The number of amides is 1. The van der Waals surface area contributed by atoms with Crippen molar-refractivity contribution in [2.75, 3.05) is 32.0 Å². The van der Waals surface area contributed by atoms with Gasteiger partial charge in [0.25, 0.3) is 11.8 Å². The third kappa shape index (κ3) is 4.44. The Morgan fingerprint density at radius 1 is 0.939 bits per heavy atom. The first-order valence-electron chi connectivity index (χ1n) is 10.7. The van der Waals surface area contributed by atoms with Crippen LogP contribution in [0.3, 0.4) is 0 Å². The molecule has 1 fully saturated rings. The van der Waals surface area contributed by atoms with Gasteiger partial charge in [-0.1, -0.05) is 30.3 Å². The quantitative estimate of drug-likeness (QED) is 0.507. The van der Waals surface area contributed by atoms with Crippen LogP contribution in [0.15, 0.2) is 65.2 Å². The molecular weight excluding hydrogens is 420 g/mol. The number of nitrogens with two attached hydrogens (primary N) is 1. The molecule has 1 aliphatic heterocycles. The topological polar surface area (TPSA) is 120 Å². The molecule has 168 valence electrons. The molecule has 2 aromatic heterocycles. The summed E-state index contributed by atoms with van der Waals surface area (Å²) < 4.78 is 11.2. The second-order valence-corrected chi connectivity index (χ2v) is 7.60. The smallest absolute Gasteiger partial charge is 0.270 e. The molecule has 0 bridgehead atoms. The lowest BCUT2D eigenvalue weighted by Gasteiger charge is -2.19. The van der Waals surface area contributed by atoms with Gasteiger partial charge in [0.1, 0.15) is 0 Å². The number of benzene rings is 2. The highest BCUT2D eigenvalue weighted by Crippen LogP contribution is 2.28. The Kier molecular flexibility index (Phi) is 5.77. The SMILES string of the molecule is Nc1ncc(-c2ccc(C(=O)N3CCCOCC3)cc2)nc1-c1nnc(-c2ccccc2)o1.[HH]. The van der Waals surface area contributed by atoms with Gasteiger partial charge in [0.15, 0.2) is 11.5 Å². The molecule has 9 heteroatoms. The fraction of sp³-hybridized carbons (Fsp3) is 0.208. The van der Waals surface area contributed by atoms with Gasteiger partial charge < -0.3 is 19.8 Å². The molecule has 0 unspecified atom stereocenters. The van der Waals surface area contributed by atoms with Gasteiger partial charge in [0.05, 0.1) is 18.5 Å². The number of rotatable bonds is 4. The fourth-order valence-corrected chi connectivity index (χ4v) is 3.63. The molecule has 1 aliphatic rings. The Balaban J connectivity index is 0.00000274. The summed E-state index contributed by atoms with van der Waals surface area (Å²) in [5, 5.41) is 8.19. The minimum absolute atomic E-state index is 0.